The summed E-state index contributed by atoms with van der Waals surface area (Å²) in [7, 11) is 0. The van der Waals surface area contributed by atoms with Crippen molar-refractivity contribution in [3.05, 3.63) is 34.3 Å². The average Bonchev–Trinajstić information content (AvgIpc) is 2.00. The van der Waals surface area contributed by atoms with Gasteiger partial charge in [-0.2, -0.15) is 0 Å². The quantitative estimate of drug-likeness (QED) is 0.716. The summed E-state index contributed by atoms with van der Waals surface area (Å²) in [6.45, 7) is 3.03. The van der Waals surface area contributed by atoms with Crippen LogP contribution in [0.5, 0.6) is 0 Å². The smallest absolute Gasteiger partial charge is 0.0925 e. The lowest BCUT2D eigenvalue weighted by Crippen LogP contribution is -2.37. The number of halogens is 1. The molecule has 1 fully saturated rings. The van der Waals surface area contributed by atoms with E-state index in [9.17, 15) is 0 Å². The van der Waals surface area contributed by atoms with Gasteiger partial charge in [0.05, 0.1) is 12.2 Å². The number of ether oxygens (including phenoxy) is 1. The van der Waals surface area contributed by atoms with Crippen LogP contribution in [-0.4, -0.2) is 6.61 Å². The van der Waals surface area contributed by atoms with Crippen molar-refractivity contribution in [2.24, 2.45) is 0 Å². The normalized spacial score (nSPS) is 28.2. The molecule has 0 amide bonds. The van der Waals surface area contributed by atoms with Crippen LogP contribution in [0.1, 0.15) is 18.9 Å². The molecule has 1 aliphatic rings. The molecule has 2 rings (SSSR count). The highest BCUT2D eigenvalue weighted by Gasteiger charge is 2.34. The van der Waals surface area contributed by atoms with E-state index < -0.39 is 0 Å². The van der Waals surface area contributed by atoms with E-state index in [0.717, 1.165) is 17.5 Å². The second-order valence-electron chi connectivity index (χ2n) is 3.34. The highest BCUT2D eigenvalue weighted by atomic mass is 79.9. The Hall–Kier alpha value is -0.340. The maximum Gasteiger partial charge on any atom is 0.0925 e. The summed E-state index contributed by atoms with van der Waals surface area (Å²) in [6, 6.07) is 8.32. The van der Waals surface area contributed by atoms with E-state index in [0.29, 0.717) is 0 Å². The Balaban J connectivity index is 2.33. The Bertz CT molecular complexity index is 292. The maximum atomic E-state index is 5.54. The minimum absolute atomic E-state index is 0.0240. The fourth-order valence-corrected chi connectivity index (χ4v) is 1.85. The lowest BCUT2D eigenvalue weighted by Gasteiger charge is -2.39. The van der Waals surface area contributed by atoms with E-state index in [-0.39, 0.29) is 5.60 Å². The van der Waals surface area contributed by atoms with Gasteiger partial charge in [0, 0.05) is 10.9 Å². The molecule has 1 saturated heterocycles. The largest absolute Gasteiger partial charge is 0.370 e. The molecule has 64 valence electrons. The van der Waals surface area contributed by atoms with E-state index in [4.69, 9.17) is 4.74 Å². The highest BCUT2D eigenvalue weighted by molar-refractivity contribution is 9.10. The number of rotatable bonds is 1. The van der Waals surface area contributed by atoms with Gasteiger partial charge >= 0.3 is 0 Å². The van der Waals surface area contributed by atoms with Crippen molar-refractivity contribution in [1.82, 2.24) is 0 Å². The van der Waals surface area contributed by atoms with Crippen LogP contribution in [0.15, 0.2) is 28.7 Å². The number of benzene rings is 1. The lowest BCUT2D eigenvalue weighted by molar-refractivity contribution is -0.140. The average molecular weight is 227 g/mol. The van der Waals surface area contributed by atoms with Gasteiger partial charge in [-0.25, -0.2) is 0 Å². The molecule has 0 N–H and O–H groups in total. The summed E-state index contributed by atoms with van der Waals surface area (Å²) in [4.78, 5) is 0. The van der Waals surface area contributed by atoms with Crippen LogP contribution in [-0.2, 0) is 10.3 Å². The molecular formula is C10H11BrO. The van der Waals surface area contributed by atoms with E-state index >= 15 is 0 Å². The van der Waals surface area contributed by atoms with Gasteiger partial charge in [0.25, 0.3) is 0 Å². The fraction of sp³-hybridized carbons (Fsp3) is 0.400. The first-order chi connectivity index (χ1) is 5.71. The van der Waals surface area contributed by atoms with Crippen LogP contribution in [0.2, 0.25) is 0 Å². The molecule has 1 nitrogen and oxygen atoms in total. The molecule has 1 atom stereocenters. The third-order valence-corrected chi connectivity index (χ3v) is 2.93. The summed E-state index contributed by atoms with van der Waals surface area (Å²) in [5.74, 6) is 0. The Labute approximate surface area is 80.9 Å². The van der Waals surface area contributed by atoms with Crippen molar-refractivity contribution in [2.45, 2.75) is 18.9 Å². The van der Waals surface area contributed by atoms with E-state index in [2.05, 4.69) is 35.0 Å². The van der Waals surface area contributed by atoms with Crippen molar-refractivity contribution < 1.29 is 4.74 Å². The van der Waals surface area contributed by atoms with Crippen LogP contribution in [0.3, 0.4) is 0 Å². The van der Waals surface area contributed by atoms with E-state index in [1.165, 1.54) is 5.56 Å². The first-order valence-electron chi connectivity index (χ1n) is 4.11. The minimum Gasteiger partial charge on any atom is -0.370 e. The molecule has 0 saturated carbocycles. The standard InChI is InChI=1S/C10H11BrO/c1-10(5-6-12-10)8-3-2-4-9(11)7-8/h2-4,7H,5-6H2,1H3/t10-/m0/s1. The van der Waals surface area contributed by atoms with Crippen LogP contribution >= 0.6 is 15.9 Å². The fourth-order valence-electron chi connectivity index (χ4n) is 1.45. The zero-order valence-corrected chi connectivity index (χ0v) is 8.60. The molecule has 1 aromatic carbocycles. The summed E-state index contributed by atoms with van der Waals surface area (Å²) in [6.07, 6.45) is 1.13. The first-order valence-corrected chi connectivity index (χ1v) is 4.90. The SMILES string of the molecule is C[C@@]1(c2cccc(Br)c2)CCO1. The molecule has 0 aromatic heterocycles. The molecule has 12 heavy (non-hydrogen) atoms. The number of hydrogen-bond acceptors (Lipinski definition) is 1. The van der Waals surface area contributed by atoms with Gasteiger partial charge in [-0.3, -0.25) is 0 Å². The Morgan fingerprint density at radius 3 is 2.75 bits per heavy atom. The second kappa shape index (κ2) is 2.86. The highest BCUT2D eigenvalue weighted by Crippen LogP contribution is 2.37. The van der Waals surface area contributed by atoms with Gasteiger partial charge in [-0.15, -0.1) is 0 Å². The molecule has 0 bridgehead atoms. The zero-order valence-electron chi connectivity index (χ0n) is 7.01. The predicted octanol–water partition coefficient (Wildman–Crippen LogP) is 3.08. The van der Waals surface area contributed by atoms with Gasteiger partial charge in [-0.1, -0.05) is 28.1 Å². The predicted molar refractivity (Wildman–Crippen MR) is 52.1 cm³/mol. The van der Waals surface area contributed by atoms with Crippen LogP contribution in [0.25, 0.3) is 0 Å². The topological polar surface area (TPSA) is 9.23 Å². The van der Waals surface area contributed by atoms with Crippen molar-refractivity contribution in [1.29, 1.82) is 0 Å². The van der Waals surface area contributed by atoms with Crippen LogP contribution in [0, 0.1) is 0 Å². The van der Waals surface area contributed by atoms with Crippen LogP contribution in [0.4, 0.5) is 0 Å². The van der Waals surface area contributed by atoms with Gasteiger partial charge in [-0.05, 0) is 24.6 Å². The first kappa shape index (κ1) is 8.27. The van der Waals surface area contributed by atoms with E-state index in [1.807, 2.05) is 12.1 Å². The summed E-state index contributed by atoms with van der Waals surface area (Å²) < 4.78 is 6.66. The molecule has 0 radical (unpaired) electrons. The third-order valence-electron chi connectivity index (χ3n) is 2.44. The minimum atomic E-state index is -0.0240. The lowest BCUT2D eigenvalue weighted by atomic mass is 9.89. The van der Waals surface area contributed by atoms with Gasteiger partial charge in [0.1, 0.15) is 0 Å². The second-order valence-corrected chi connectivity index (χ2v) is 4.26. The number of hydrogen-bond donors (Lipinski definition) is 0. The summed E-state index contributed by atoms with van der Waals surface area (Å²) in [5.41, 5.74) is 1.24. The monoisotopic (exact) mass is 226 g/mol. The maximum absolute atomic E-state index is 5.54. The molecular weight excluding hydrogens is 216 g/mol. The molecule has 0 spiro atoms. The zero-order chi connectivity index (χ0) is 8.60. The van der Waals surface area contributed by atoms with Gasteiger partial charge in [0.2, 0.25) is 0 Å². The molecule has 1 aliphatic heterocycles. The molecule has 2 heteroatoms. The summed E-state index contributed by atoms with van der Waals surface area (Å²) >= 11 is 3.45. The Kier molecular flexibility index (Phi) is 1.97. The molecule has 1 aromatic rings. The van der Waals surface area contributed by atoms with Crippen molar-refractivity contribution in [3.8, 4) is 0 Å². The van der Waals surface area contributed by atoms with Gasteiger partial charge in [0.15, 0.2) is 0 Å². The van der Waals surface area contributed by atoms with Crippen LogP contribution < -0.4 is 0 Å². The van der Waals surface area contributed by atoms with Gasteiger partial charge < -0.3 is 4.74 Å². The molecule has 0 unspecified atom stereocenters. The Morgan fingerprint density at radius 1 is 1.50 bits per heavy atom. The summed E-state index contributed by atoms with van der Waals surface area (Å²) in [5, 5.41) is 0. The molecule has 0 aliphatic carbocycles. The van der Waals surface area contributed by atoms with Crippen molar-refractivity contribution >= 4 is 15.9 Å². The Morgan fingerprint density at radius 2 is 2.25 bits per heavy atom. The van der Waals surface area contributed by atoms with Crippen molar-refractivity contribution in [3.63, 3.8) is 0 Å². The third kappa shape index (κ3) is 1.29. The van der Waals surface area contributed by atoms with Crippen molar-refractivity contribution in [2.75, 3.05) is 6.61 Å². The molecule has 1 heterocycles. The van der Waals surface area contributed by atoms with E-state index in [1.54, 1.807) is 0 Å².